The second-order valence-electron chi connectivity index (χ2n) is 7.82. The summed E-state index contributed by atoms with van der Waals surface area (Å²) in [7, 11) is 0. The van der Waals surface area contributed by atoms with E-state index in [2.05, 4.69) is 21.8 Å². The van der Waals surface area contributed by atoms with Crippen LogP contribution in [0.25, 0.3) is 0 Å². The Labute approximate surface area is 184 Å². The maximum absolute atomic E-state index is 13.6. The summed E-state index contributed by atoms with van der Waals surface area (Å²) >= 11 is 0. The van der Waals surface area contributed by atoms with E-state index in [-0.39, 0.29) is 12.3 Å². The van der Waals surface area contributed by atoms with Gasteiger partial charge in [-0.3, -0.25) is 9.59 Å². The molecular formula is C24H22FN5O2. The van der Waals surface area contributed by atoms with Crippen molar-refractivity contribution in [3.63, 3.8) is 0 Å². The standard InChI is InChI=1S/C24H22FN5O2/c1-14-5-3-6-17(13-14)23(31)27-21-20(16-7-9-18(25)10-8-16)19-15(2)29-30(12-4-11-26)22(19)28-24(21)32/h3,5-10,13,20-21H,4,12H2,1-2H3,(H,27,31)(H,28,32)/t20-,21+/m1/s1. The van der Waals surface area contributed by atoms with Gasteiger partial charge in [0, 0.05) is 17.0 Å². The van der Waals surface area contributed by atoms with E-state index in [1.807, 2.05) is 19.9 Å². The number of nitrogens with one attached hydrogen (secondary N) is 2. The smallest absolute Gasteiger partial charge is 0.251 e. The largest absolute Gasteiger partial charge is 0.339 e. The van der Waals surface area contributed by atoms with Gasteiger partial charge in [0.05, 0.1) is 24.7 Å². The number of carbonyl (C=O) groups is 2. The number of aryl methyl sites for hydroxylation is 3. The molecule has 0 unspecified atom stereocenters. The number of aromatic nitrogens is 2. The number of benzene rings is 2. The third kappa shape index (κ3) is 3.97. The summed E-state index contributed by atoms with van der Waals surface area (Å²) in [6.07, 6.45) is 0.234. The minimum atomic E-state index is -0.923. The molecule has 0 saturated carbocycles. The normalized spacial score (nSPS) is 17.2. The van der Waals surface area contributed by atoms with E-state index in [0.29, 0.717) is 29.2 Å². The van der Waals surface area contributed by atoms with Crippen LogP contribution in [0, 0.1) is 31.0 Å². The molecule has 1 aliphatic heterocycles. The fraction of sp³-hybridized carbons (Fsp3) is 0.250. The molecule has 2 atom stereocenters. The highest BCUT2D eigenvalue weighted by Gasteiger charge is 2.41. The van der Waals surface area contributed by atoms with Crippen LogP contribution in [0.2, 0.25) is 0 Å². The summed E-state index contributed by atoms with van der Waals surface area (Å²) in [4.78, 5) is 26.1. The zero-order valence-corrected chi connectivity index (χ0v) is 17.7. The van der Waals surface area contributed by atoms with E-state index in [9.17, 15) is 14.0 Å². The van der Waals surface area contributed by atoms with Crippen LogP contribution in [-0.4, -0.2) is 27.6 Å². The van der Waals surface area contributed by atoms with Gasteiger partial charge in [0.1, 0.15) is 17.7 Å². The van der Waals surface area contributed by atoms with Gasteiger partial charge in [0.25, 0.3) is 5.91 Å². The number of halogens is 1. The molecule has 0 saturated heterocycles. The van der Waals surface area contributed by atoms with E-state index in [1.165, 1.54) is 12.1 Å². The molecule has 3 aromatic rings. The van der Waals surface area contributed by atoms with Crippen molar-refractivity contribution in [1.29, 1.82) is 5.26 Å². The highest BCUT2D eigenvalue weighted by molar-refractivity contribution is 6.04. The molecule has 4 rings (SSSR count). The lowest BCUT2D eigenvalue weighted by Crippen LogP contribution is -2.50. The van der Waals surface area contributed by atoms with Gasteiger partial charge in [-0.05, 0) is 43.7 Å². The minimum Gasteiger partial charge on any atom is -0.339 e. The quantitative estimate of drug-likeness (QED) is 0.646. The summed E-state index contributed by atoms with van der Waals surface area (Å²) in [5, 5.41) is 19.2. The lowest BCUT2D eigenvalue weighted by Gasteiger charge is -2.32. The summed E-state index contributed by atoms with van der Waals surface area (Å²) in [5.41, 5.74) is 3.46. The fourth-order valence-electron chi connectivity index (χ4n) is 4.12. The van der Waals surface area contributed by atoms with Crippen LogP contribution in [0.4, 0.5) is 10.2 Å². The zero-order chi connectivity index (χ0) is 22.8. The van der Waals surface area contributed by atoms with E-state index in [4.69, 9.17) is 5.26 Å². The molecule has 162 valence electrons. The van der Waals surface area contributed by atoms with Gasteiger partial charge in [-0.1, -0.05) is 29.8 Å². The van der Waals surface area contributed by atoms with Crippen molar-refractivity contribution in [1.82, 2.24) is 15.1 Å². The first kappa shape index (κ1) is 21.2. The van der Waals surface area contributed by atoms with Crippen molar-refractivity contribution in [2.75, 3.05) is 5.32 Å². The summed E-state index contributed by atoms with van der Waals surface area (Å²) in [6, 6.07) is 14.1. The van der Waals surface area contributed by atoms with Gasteiger partial charge in [-0.25, -0.2) is 9.07 Å². The topological polar surface area (TPSA) is 99.8 Å². The molecule has 0 aliphatic carbocycles. The maximum atomic E-state index is 13.6. The van der Waals surface area contributed by atoms with Crippen molar-refractivity contribution in [2.24, 2.45) is 0 Å². The number of hydrogen-bond donors (Lipinski definition) is 2. The SMILES string of the molecule is Cc1cccc(C(=O)N[C@@H]2C(=O)Nc3c(c(C)nn3CCC#N)[C@H]2c2ccc(F)cc2)c1. The number of nitrogens with zero attached hydrogens (tertiary/aromatic N) is 3. The van der Waals surface area contributed by atoms with E-state index >= 15 is 0 Å². The van der Waals surface area contributed by atoms with Gasteiger partial charge in [0.15, 0.2) is 0 Å². The van der Waals surface area contributed by atoms with Gasteiger partial charge in [0.2, 0.25) is 5.91 Å². The van der Waals surface area contributed by atoms with Crippen molar-refractivity contribution < 1.29 is 14.0 Å². The number of nitriles is 1. The Morgan fingerprint density at radius 2 is 2.00 bits per heavy atom. The number of fused-ring (bicyclic) bond motifs is 1. The van der Waals surface area contributed by atoms with Gasteiger partial charge < -0.3 is 10.6 Å². The average Bonchev–Trinajstić information content (AvgIpc) is 3.08. The first-order chi connectivity index (χ1) is 15.4. The van der Waals surface area contributed by atoms with Gasteiger partial charge in [-0.15, -0.1) is 0 Å². The number of hydrogen-bond acceptors (Lipinski definition) is 4. The predicted molar refractivity (Wildman–Crippen MR) is 116 cm³/mol. The molecule has 2 amide bonds. The highest BCUT2D eigenvalue weighted by atomic mass is 19.1. The maximum Gasteiger partial charge on any atom is 0.251 e. The van der Waals surface area contributed by atoms with E-state index in [1.54, 1.807) is 35.0 Å². The molecule has 0 bridgehead atoms. The lowest BCUT2D eigenvalue weighted by atomic mass is 9.82. The van der Waals surface area contributed by atoms with Crippen LogP contribution in [0.1, 0.15) is 45.1 Å². The number of carbonyl (C=O) groups excluding carboxylic acids is 2. The Bertz CT molecular complexity index is 1230. The molecule has 0 fully saturated rings. The van der Waals surface area contributed by atoms with Crippen LogP contribution in [-0.2, 0) is 11.3 Å². The third-order valence-electron chi connectivity index (χ3n) is 5.57. The highest BCUT2D eigenvalue weighted by Crippen LogP contribution is 2.39. The molecule has 2 heterocycles. The van der Waals surface area contributed by atoms with Crippen LogP contribution in [0.5, 0.6) is 0 Å². The molecule has 7 nitrogen and oxygen atoms in total. The van der Waals surface area contributed by atoms with Crippen molar-refractivity contribution in [3.05, 3.63) is 82.3 Å². The molecule has 0 spiro atoms. The Kier molecular flexibility index (Phi) is 5.73. The van der Waals surface area contributed by atoms with Crippen LogP contribution in [0.15, 0.2) is 48.5 Å². The molecule has 1 aliphatic rings. The van der Waals surface area contributed by atoms with Crippen molar-refractivity contribution in [2.45, 2.75) is 38.8 Å². The molecule has 2 N–H and O–H groups in total. The van der Waals surface area contributed by atoms with E-state index < -0.39 is 23.7 Å². The first-order valence-electron chi connectivity index (χ1n) is 10.3. The lowest BCUT2D eigenvalue weighted by molar-refractivity contribution is -0.118. The number of rotatable bonds is 5. The summed E-state index contributed by atoms with van der Waals surface area (Å²) in [6.45, 7) is 4.02. The summed E-state index contributed by atoms with van der Waals surface area (Å²) < 4.78 is 15.2. The average molecular weight is 431 g/mol. The molecule has 2 aromatic carbocycles. The van der Waals surface area contributed by atoms with Gasteiger partial charge >= 0.3 is 0 Å². The van der Waals surface area contributed by atoms with Crippen LogP contribution in [0.3, 0.4) is 0 Å². The Hall–Kier alpha value is -3.99. The second-order valence-corrected chi connectivity index (χ2v) is 7.82. The Balaban J connectivity index is 1.78. The molecule has 1 aromatic heterocycles. The molecule has 8 heteroatoms. The molecule has 0 radical (unpaired) electrons. The van der Waals surface area contributed by atoms with Crippen LogP contribution >= 0.6 is 0 Å². The first-order valence-corrected chi connectivity index (χ1v) is 10.3. The fourth-order valence-corrected chi connectivity index (χ4v) is 4.12. The molecular weight excluding hydrogens is 409 g/mol. The van der Waals surface area contributed by atoms with Crippen molar-refractivity contribution >= 4 is 17.6 Å². The van der Waals surface area contributed by atoms with Crippen molar-refractivity contribution in [3.8, 4) is 6.07 Å². The third-order valence-corrected chi connectivity index (χ3v) is 5.57. The minimum absolute atomic E-state index is 0.234. The molecule has 32 heavy (non-hydrogen) atoms. The zero-order valence-electron chi connectivity index (χ0n) is 17.7. The second kappa shape index (κ2) is 8.63. The Morgan fingerprint density at radius 3 is 2.69 bits per heavy atom. The van der Waals surface area contributed by atoms with Crippen LogP contribution < -0.4 is 10.6 Å². The Morgan fingerprint density at radius 1 is 1.25 bits per heavy atom. The van der Waals surface area contributed by atoms with E-state index in [0.717, 1.165) is 11.1 Å². The number of anilines is 1. The monoisotopic (exact) mass is 431 g/mol. The predicted octanol–water partition coefficient (Wildman–Crippen LogP) is 3.44. The van der Waals surface area contributed by atoms with Gasteiger partial charge in [-0.2, -0.15) is 10.4 Å². The number of amides is 2. The summed E-state index contributed by atoms with van der Waals surface area (Å²) in [5.74, 6) is -1.23.